The third-order valence-corrected chi connectivity index (χ3v) is 9.49. The second kappa shape index (κ2) is 12.5. The maximum absolute atomic E-state index is 13.2. The predicted molar refractivity (Wildman–Crippen MR) is 169 cm³/mol. The van der Waals surface area contributed by atoms with Crippen LogP contribution in [0.3, 0.4) is 0 Å². The van der Waals surface area contributed by atoms with E-state index in [0.717, 1.165) is 27.5 Å². The van der Waals surface area contributed by atoms with Gasteiger partial charge in [0.05, 0.1) is 21.4 Å². The van der Waals surface area contributed by atoms with Crippen LogP contribution in [0.2, 0.25) is 5.02 Å². The number of aromatic nitrogens is 4. The summed E-state index contributed by atoms with van der Waals surface area (Å²) in [6.07, 6.45) is 0. The summed E-state index contributed by atoms with van der Waals surface area (Å²) in [5.74, 6) is 1.09. The van der Waals surface area contributed by atoms with E-state index in [1.165, 1.54) is 35.2 Å². The van der Waals surface area contributed by atoms with Crippen LogP contribution in [0.5, 0.6) is 0 Å². The SMILES string of the molecule is Cc1ccccc1-n1c(SCc2nc(C(=O)N3CCN(c4ccc([N+](=O)[O-])cc4)CC3)cs2)nnc1-c1ccccc1Cl. The monoisotopic (exact) mass is 631 g/mol. The molecule has 1 saturated heterocycles. The number of carbonyl (C=O) groups excluding carboxylic acids is 1. The zero-order chi connectivity index (χ0) is 29.9. The van der Waals surface area contributed by atoms with Crippen LogP contribution >= 0.6 is 34.7 Å². The highest BCUT2D eigenvalue weighted by Gasteiger charge is 2.25. The first-order valence-corrected chi connectivity index (χ1v) is 15.8. The summed E-state index contributed by atoms with van der Waals surface area (Å²) >= 11 is 9.49. The zero-order valence-electron chi connectivity index (χ0n) is 23.1. The van der Waals surface area contributed by atoms with Crippen molar-refractivity contribution in [1.29, 1.82) is 0 Å². The van der Waals surface area contributed by atoms with Crippen LogP contribution in [0.1, 0.15) is 21.1 Å². The molecule has 13 heteroatoms. The fourth-order valence-corrected chi connectivity index (χ4v) is 6.88. The number of thiazole rings is 1. The number of nitrogens with zero attached hydrogens (tertiary/aromatic N) is 7. The van der Waals surface area contributed by atoms with Gasteiger partial charge >= 0.3 is 0 Å². The van der Waals surface area contributed by atoms with Crippen LogP contribution in [0.4, 0.5) is 11.4 Å². The first-order chi connectivity index (χ1) is 20.9. The van der Waals surface area contributed by atoms with Crippen LogP contribution in [0.15, 0.2) is 83.3 Å². The van der Waals surface area contributed by atoms with Crippen LogP contribution in [0, 0.1) is 17.0 Å². The van der Waals surface area contributed by atoms with Gasteiger partial charge in [0.15, 0.2) is 11.0 Å². The number of piperazine rings is 1. The van der Waals surface area contributed by atoms with Gasteiger partial charge in [-0.05, 0) is 42.8 Å². The number of nitro groups is 1. The predicted octanol–water partition coefficient (Wildman–Crippen LogP) is 6.52. The topological polar surface area (TPSA) is 110 Å². The highest BCUT2D eigenvalue weighted by atomic mass is 35.5. The van der Waals surface area contributed by atoms with Crippen molar-refractivity contribution in [2.45, 2.75) is 17.8 Å². The molecule has 5 aromatic rings. The Morgan fingerprint density at radius 2 is 1.72 bits per heavy atom. The number of para-hydroxylation sites is 1. The van der Waals surface area contributed by atoms with E-state index in [1.54, 1.807) is 17.0 Å². The molecule has 0 bridgehead atoms. The quantitative estimate of drug-likeness (QED) is 0.108. The average molecular weight is 632 g/mol. The molecule has 0 saturated carbocycles. The number of anilines is 1. The van der Waals surface area contributed by atoms with Gasteiger partial charge in [-0.15, -0.1) is 21.5 Å². The summed E-state index contributed by atoms with van der Waals surface area (Å²) < 4.78 is 2.02. The fraction of sp³-hybridized carbons (Fsp3) is 0.200. The van der Waals surface area contributed by atoms with E-state index in [-0.39, 0.29) is 11.6 Å². The van der Waals surface area contributed by atoms with Gasteiger partial charge < -0.3 is 9.80 Å². The van der Waals surface area contributed by atoms with E-state index in [9.17, 15) is 14.9 Å². The number of aryl methyl sites for hydroxylation is 1. The Hall–Kier alpha value is -4.26. The van der Waals surface area contributed by atoms with Crippen molar-refractivity contribution < 1.29 is 9.72 Å². The van der Waals surface area contributed by atoms with Crippen LogP contribution in [-0.2, 0) is 5.75 Å². The third-order valence-electron chi connectivity index (χ3n) is 7.19. The van der Waals surface area contributed by atoms with E-state index >= 15 is 0 Å². The minimum absolute atomic E-state index is 0.0616. The number of nitro benzene ring substituents is 1. The van der Waals surface area contributed by atoms with E-state index in [4.69, 9.17) is 11.6 Å². The Morgan fingerprint density at radius 1 is 1.00 bits per heavy atom. The van der Waals surface area contributed by atoms with Gasteiger partial charge in [-0.2, -0.15) is 0 Å². The van der Waals surface area contributed by atoms with Gasteiger partial charge in [0.2, 0.25) is 0 Å². The number of rotatable bonds is 8. The van der Waals surface area contributed by atoms with Crippen molar-refractivity contribution in [3.05, 3.63) is 110 Å². The van der Waals surface area contributed by atoms with Gasteiger partial charge in [0, 0.05) is 54.9 Å². The number of hydrogen-bond donors (Lipinski definition) is 0. The molecule has 3 aromatic carbocycles. The molecule has 0 unspecified atom stereocenters. The summed E-state index contributed by atoms with van der Waals surface area (Å²) in [4.78, 5) is 32.4. The number of thioether (sulfide) groups is 1. The molecule has 1 amide bonds. The lowest BCUT2D eigenvalue weighted by Gasteiger charge is -2.35. The fourth-order valence-electron chi connectivity index (χ4n) is 4.93. The average Bonchev–Trinajstić information content (AvgIpc) is 3.68. The molecule has 3 heterocycles. The molecule has 2 aromatic heterocycles. The maximum Gasteiger partial charge on any atom is 0.273 e. The van der Waals surface area contributed by atoms with Crippen molar-refractivity contribution >= 4 is 52.0 Å². The molecule has 0 aliphatic carbocycles. The zero-order valence-corrected chi connectivity index (χ0v) is 25.5. The number of hydrogen-bond acceptors (Lipinski definition) is 9. The standard InChI is InChI=1S/C30H26ClN7O3S2/c1-20-6-2-5-9-26(20)37-28(23-7-3-4-8-24(23)31)33-34-30(37)43-19-27-32-25(18-42-27)29(39)36-16-14-35(15-17-36)21-10-12-22(13-11-21)38(40)41/h2-13,18H,14-17,19H2,1H3. The van der Waals surface area contributed by atoms with Crippen molar-refractivity contribution in [3.8, 4) is 17.1 Å². The van der Waals surface area contributed by atoms with E-state index in [2.05, 4.69) is 20.1 Å². The number of halogens is 1. The summed E-state index contributed by atoms with van der Waals surface area (Å²) in [5.41, 5.74) is 4.23. The highest BCUT2D eigenvalue weighted by Crippen LogP contribution is 2.34. The third kappa shape index (κ3) is 6.12. The lowest BCUT2D eigenvalue weighted by molar-refractivity contribution is -0.384. The molecule has 1 aliphatic heterocycles. The van der Waals surface area contributed by atoms with Gasteiger partial charge in [0.25, 0.3) is 11.6 Å². The minimum Gasteiger partial charge on any atom is -0.368 e. The molecule has 0 N–H and O–H groups in total. The van der Waals surface area contributed by atoms with Gasteiger partial charge in [-0.25, -0.2) is 4.98 Å². The molecule has 43 heavy (non-hydrogen) atoms. The number of benzene rings is 3. The molecular weight excluding hydrogens is 606 g/mol. The van der Waals surface area contributed by atoms with Crippen LogP contribution < -0.4 is 4.90 Å². The Balaban J connectivity index is 1.13. The molecule has 10 nitrogen and oxygen atoms in total. The summed E-state index contributed by atoms with van der Waals surface area (Å²) in [6.45, 7) is 4.41. The van der Waals surface area contributed by atoms with E-state index in [1.807, 2.05) is 65.4 Å². The van der Waals surface area contributed by atoms with Gasteiger partial charge in [-0.3, -0.25) is 19.5 Å². The van der Waals surface area contributed by atoms with E-state index in [0.29, 0.717) is 53.6 Å². The normalized spacial score (nSPS) is 13.3. The summed E-state index contributed by atoms with van der Waals surface area (Å²) in [6, 6.07) is 22.1. The first-order valence-electron chi connectivity index (χ1n) is 13.5. The smallest absolute Gasteiger partial charge is 0.273 e. The Labute approximate surface area is 261 Å². The number of non-ortho nitro benzene ring substituents is 1. The molecule has 0 atom stereocenters. The lowest BCUT2D eigenvalue weighted by atomic mass is 10.1. The lowest BCUT2D eigenvalue weighted by Crippen LogP contribution is -2.48. The highest BCUT2D eigenvalue weighted by molar-refractivity contribution is 7.98. The van der Waals surface area contributed by atoms with Crippen molar-refractivity contribution in [2.24, 2.45) is 0 Å². The second-order valence-electron chi connectivity index (χ2n) is 9.88. The van der Waals surface area contributed by atoms with Crippen LogP contribution in [-0.4, -0.2) is 61.7 Å². The molecule has 1 aliphatic rings. The van der Waals surface area contributed by atoms with Crippen molar-refractivity contribution in [2.75, 3.05) is 31.1 Å². The minimum atomic E-state index is -0.409. The van der Waals surface area contributed by atoms with Crippen molar-refractivity contribution in [3.63, 3.8) is 0 Å². The largest absolute Gasteiger partial charge is 0.368 e. The Kier molecular flexibility index (Phi) is 8.41. The summed E-state index contributed by atoms with van der Waals surface area (Å²) in [7, 11) is 0. The van der Waals surface area contributed by atoms with Crippen LogP contribution in [0.25, 0.3) is 17.1 Å². The number of amides is 1. The second-order valence-corrected chi connectivity index (χ2v) is 12.2. The first kappa shape index (κ1) is 28.8. The van der Waals surface area contributed by atoms with Gasteiger partial charge in [-0.1, -0.05) is 53.7 Å². The Bertz CT molecular complexity index is 1780. The molecule has 0 radical (unpaired) electrons. The van der Waals surface area contributed by atoms with E-state index < -0.39 is 4.92 Å². The number of carbonyl (C=O) groups is 1. The van der Waals surface area contributed by atoms with Crippen molar-refractivity contribution in [1.82, 2.24) is 24.6 Å². The molecule has 1 fully saturated rings. The maximum atomic E-state index is 13.2. The molecule has 6 rings (SSSR count). The Morgan fingerprint density at radius 3 is 2.44 bits per heavy atom. The molecule has 0 spiro atoms. The molecule has 218 valence electrons. The molecular formula is C30H26ClN7O3S2. The van der Waals surface area contributed by atoms with Gasteiger partial charge in [0.1, 0.15) is 10.7 Å². The summed E-state index contributed by atoms with van der Waals surface area (Å²) in [5, 5.41) is 23.9.